The first-order valence-electron chi connectivity index (χ1n) is 5.44. The van der Waals surface area contributed by atoms with Crippen molar-refractivity contribution in [1.29, 1.82) is 0 Å². The zero-order valence-corrected chi connectivity index (χ0v) is 11.2. The lowest BCUT2D eigenvalue weighted by Gasteiger charge is -2.24. The minimum absolute atomic E-state index is 0.131. The molecule has 90 valence electrons. The predicted octanol–water partition coefficient (Wildman–Crippen LogP) is 3.43. The SMILES string of the molecule is Cc1ccc(SOCC(O)C(C)(C)C)cc1. The van der Waals surface area contributed by atoms with Gasteiger partial charge >= 0.3 is 0 Å². The average Bonchev–Trinajstić information content (AvgIpc) is 2.19. The molecular formula is C13H20O2S. The maximum Gasteiger partial charge on any atom is 0.0883 e. The van der Waals surface area contributed by atoms with E-state index in [0.717, 1.165) is 4.90 Å². The zero-order valence-electron chi connectivity index (χ0n) is 10.4. The summed E-state index contributed by atoms with van der Waals surface area (Å²) in [6.45, 7) is 8.40. The van der Waals surface area contributed by atoms with Crippen LogP contribution in [0.1, 0.15) is 26.3 Å². The fourth-order valence-electron chi connectivity index (χ4n) is 1.01. The third-order valence-electron chi connectivity index (χ3n) is 2.40. The lowest BCUT2D eigenvalue weighted by Crippen LogP contribution is -2.29. The van der Waals surface area contributed by atoms with Crippen LogP contribution in [0.5, 0.6) is 0 Å². The highest BCUT2D eigenvalue weighted by Crippen LogP contribution is 2.24. The molecule has 1 atom stereocenters. The molecule has 0 aromatic heterocycles. The fraction of sp³-hybridized carbons (Fsp3) is 0.538. The molecular weight excluding hydrogens is 220 g/mol. The number of hydrogen-bond donors (Lipinski definition) is 1. The average molecular weight is 240 g/mol. The first kappa shape index (κ1) is 13.6. The van der Waals surface area contributed by atoms with Gasteiger partial charge in [0, 0.05) is 16.9 Å². The van der Waals surface area contributed by atoms with Gasteiger partial charge < -0.3 is 9.29 Å². The van der Waals surface area contributed by atoms with E-state index in [9.17, 15) is 5.11 Å². The van der Waals surface area contributed by atoms with Gasteiger partial charge in [-0.3, -0.25) is 0 Å². The molecule has 1 unspecified atom stereocenters. The molecule has 0 radical (unpaired) electrons. The summed E-state index contributed by atoms with van der Waals surface area (Å²) in [4.78, 5) is 1.06. The highest BCUT2D eigenvalue weighted by Gasteiger charge is 2.22. The minimum atomic E-state index is -0.439. The van der Waals surface area contributed by atoms with Crippen molar-refractivity contribution in [3.8, 4) is 0 Å². The quantitative estimate of drug-likeness (QED) is 0.818. The second kappa shape index (κ2) is 5.71. The van der Waals surface area contributed by atoms with E-state index in [-0.39, 0.29) is 5.41 Å². The molecule has 1 aromatic carbocycles. The molecule has 0 saturated carbocycles. The predicted molar refractivity (Wildman–Crippen MR) is 68.4 cm³/mol. The Balaban J connectivity index is 2.33. The Bertz CT molecular complexity index is 314. The summed E-state index contributed by atoms with van der Waals surface area (Å²) in [6.07, 6.45) is -0.439. The normalized spacial score (nSPS) is 13.8. The number of aliphatic hydroxyl groups is 1. The monoisotopic (exact) mass is 240 g/mol. The molecule has 0 saturated heterocycles. The Morgan fingerprint density at radius 2 is 1.81 bits per heavy atom. The van der Waals surface area contributed by atoms with Crippen LogP contribution in [0.4, 0.5) is 0 Å². The van der Waals surface area contributed by atoms with Crippen molar-refractivity contribution in [3.63, 3.8) is 0 Å². The van der Waals surface area contributed by atoms with Gasteiger partial charge in [-0.15, -0.1) is 0 Å². The van der Waals surface area contributed by atoms with Gasteiger partial charge in [0.05, 0.1) is 12.7 Å². The van der Waals surface area contributed by atoms with E-state index in [4.69, 9.17) is 4.18 Å². The molecule has 0 aliphatic heterocycles. The second-order valence-electron chi connectivity index (χ2n) is 5.06. The molecule has 1 N–H and O–H groups in total. The molecule has 1 rings (SSSR count). The Morgan fingerprint density at radius 1 is 1.25 bits per heavy atom. The van der Waals surface area contributed by atoms with Crippen molar-refractivity contribution in [3.05, 3.63) is 29.8 Å². The van der Waals surface area contributed by atoms with E-state index in [0.29, 0.717) is 6.61 Å². The standard InChI is InChI=1S/C13H20O2S/c1-10-5-7-11(8-6-10)16-15-9-12(14)13(2,3)4/h5-8,12,14H,9H2,1-4H3. The lowest BCUT2D eigenvalue weighted by atomic mass is 9.90. The smallest absolute Gasteiger partial charge is 0.0883 e. The highest BCUT2D eigenvalue weighted by atomic mass is 32.2. The summed E-state index contributed by atoms with van der Waals surface area (Å²) in [5.41, 5.74) is 1.10. The van der Waals surface area contributed by atoms with E-state index in [1.165, 1.54) is 17.6 Å². The van der Waals surface area contributed by atoms with Crippen molar-refractivity contribution in [2.24, 2.45) is 5.41 Å². The summed E-state index contributed by atoms with van der Waals surface area (Å²) in [6, 6.07) is 8.13. The first-order chi connectivity index (χ1) is 7.39. The van der Waals surface area contributed by atoms with Gasteiger partial charge in [-0.25, -0.2) is 0 Å². The largest absolute Gasteiger partial charge is 0.390 e. The molecule has 0 spiro atoms. The van der Waals surface area contributed by atoms with Crippen LogP contribution in [0.15, 0.2) is 29.2 Å². The second-order valence-corrected chi connectivity index (χ2v) is 5.94. The van der Waals surface area contributed by atoms with Crippen LogP contribution in [-0.4, -0.2) is 17.8 Å². The van der Waals surface area contributed by atoms with Crippen LogP contribution in [0.2, 0.25) is 0 Å². The summed E-state index contributed by atoms with van der Waals surface area (Å²) in [7, 11) is 0. The highest BCUT2D eigenvalue weighted by molar-refractivity contribution is 7.94. The molecule has 16 heavy (non-hydrogen) atoms. The van der Waals surface area contributed by atoms with Crippen LogP contribution in [-0.2, 0) is 4.18 Å². The van der Waals surface area contributed by atoms with Crippen LogP contribution < -0.4 is 0 Å². The van der Waals surface area contributed by atoms with Crippen molar-refractivity contribution in [2.75, 3.05) is 6.61 Å². The van der Waals surface area contributed by atoms with Crippen LogP contribution in [0.25, 0.3) is 0 Å². The van der Waals surface area contributed by atoms with Gasteiger partial charge in [0.25, 0.3) is 0 Å². The van der Waals surface area contributed by atoms with Gasteiger partial charge in [0.15, 0.2) is 0 Å². The van der Waals surface area contributed by atoms with Crippen molar-refractivity contribution < 1.29 is 9.29 Å². The van der Waals surface area contributed by atoms with E-state index in [1.807, 2.05) is 45.0 Å². The van der Waals surface area contributed by atoms with Gasteiger partial charge in [-0.05, 0) is 24.5 Å². The molecule has 0 heterocycles. The third kappa shape index (κ3) is 4.56. The zero-order chi connectivity index (χ0) is 12.2. The van der Waals surface area contributed by atoms with Crippen LogP contribution in [0, 0.1) is 12.3 Å². The molecule has 0 aliphatic carbocycles. The van der Waals surface area contributed by atoms with E-state index in [1.54, 1.807) is 0 Å². The van der Waals surface area contributed by atoms with E-state index >= 15 is 0 Å². The van der Waals surface area contributed by atoms with Gasteiger partial charge in [-0.2, -0.15) is 0 Å². The third-order valence-corrected chi connectivity index (χ3v) is 3.12. The fourth-order valence-corrected chi connectivity index (χ4v) is 1.59. The minimum Gasteiger partial charge on any atom is -0.390 e. The molecule has 3 heteroatoms. The van der Waals surface area contributed by atoms with Gasteiger partial charge in [0.2, 0.25) is 0 Å². The van der Waals surface area contributed by atoms with Crippen molar-refractivity contribution >= 4 is 12.0 Å². The maximum atomic E-state index is 9.77. The summed E-state index contributed by atoms with van der Waals surface area (Å²) >= 11 is 1.31. The van der Waals surface area contributed by atoms with Crippen LogP contribution >= 0.6 is 12.0 Å². The lowest BCUT2D eigenvalue weighted by molar-refractivity contribution is 0.0279. The number of rotatable bonds is 4. The summed E-state index contributed by atoms with van der Waals surface area (Å²) in [5.74, 6) is 0. The topological polar surface area (TPSA) is 29.5 Å². The molecule has 0 fully saturated rings. The molecule has 0 bridgehead atoms. The summed E-state index contributed by atoms with van der Waals surface area (Å²) < 4.78 is 5.41. The van der Waals surface area contributed by atoms with Crippen molar-refractivity contribution in [2.45, 2.75) is 38.7 Å². The molecule has 0 aliphatic rings. The Morgan fingerprint density at radius 3 is 2.31 bits per heavy atom. The Labute approximate surface area is 102 Å². The Hall–Kier alpha value is -0.510. The van der Waals surface area contributed by atoms with Crippen LogP contribution in [0.3, 0.4) is 0 Å². The van der Waals surface area contributed by atoms with Gasteiger partial charge in [0.1, 0.15) is 0 Å². The molecule has 0 amide bonds. The first-order valence-corrected chi connectivity index (χ1v) is 6.18. The number of hydrogen-bond acceptors (Lipinski definition) is 3. The number of benzene rings is 1. The summed E-state index contributed by atoms with van der Waals surface area (Å²) in [5, 5.41) is 9.77. The Kier molecular flexibility index (Phi) is 4.84. The maximum absolute atomic E-state index is 9.77. The van der Waals surface area contributed by atoms with Crippen molar-refractivity contribution in [1.82, 2.24) is 0 Å². The van der Waals surface area contributed by atoms with E-state index < -0.39 is 6.10 Å². The molecule has 2 nitrogen and oxygen atoms in total. The molecule has 1 aromatic rings. The number of aryl methyl sites for hydroxylation is 1. The van der Waals surface area contributed by atoms with Gasteiger partial charge in [-0.1, -0.05) is 38.5 Å². The number of aliphatic hydroxyl groups excluding tert-OH is 1. The van der Waals surface area contributed by atoms with E-state index in [2.05, 4.69) is 6.92 Å².